The lowest BCUT2D eigenvalue weighted by atomic mass is 10.0. The number of nitrogens with zero attached hydrogens (tertiary/aromatic N) is 1. The molecule has 1 aliphatic heterocycles. The molecule has 18 heavy (non-hydrogen) atoms. The van der Waals surface area contributed by atoms with Crippen LogP contribution in [0.1, 0.15) is 22.7 Å². The largest absolute Gasteiger partial charge is 0.481 e. The molecule has 0 aliphatic carbocycles. The number of ether oxygens (including phenoxy) is 1. The molecule has 1 aromatic heterocycles. The number of aliphatic carboxylic acids is 1. The van der Waals surface area contributed by atoms with Crippen molar-refractivity contribution in [1.82, 2.24) is 4.90 Å². The van der Waals surface area contributed by atoms with Crippen LogP contribution in [0.5, 0.6) is 0 Å². The van der Waals surface area contributed by atoms with E-state index in [0.717, 1.165) is 0 Å². The summed E-state index contributed by atoms with van der Waals surface area (Å²) in [4.78, 5) is 15.8. The number of carboxylic acids is 1. The average molecular weight is 269 g/mol. The van der Waals surface area contributed by atoms with Crippen LogP contribution >= 0.6 is 11.3 Å². The number of carboxylic acid groups (broad SMARTS) is 1. The summed E-state index contributed by atoms with van der Waals surface area (Å²) in [5, 5.41) is 9.18. The Morgan fingerprint density at radius 2 is 2.28 bits per heavy atom. The van der Waals surface area contributed by atoms with Crippen LogP contribution in [0, 0.1) is 12.8 Å². The maximum atomic E-state index is 11.2. The summed E-state index contributed by atoms with van der Waals surface area (Å²) in [5.74, 6) is -1.18. The minimum atomic E-state index is -0.765. The third-order valence-electron chi connectivity index (χ3n) is 3.67. The fourth-order valence-corrected chi connectivity index (χ4v) is 3.33. The summed E-state index contributed by atoms with van der Waals surface area (Å²) in [6.07, 6.45) is 0. The maximum Gasteiger partial charge on any atom is 0.310 e. The van der Waals surface area contributed by atoms with Gasteiger partial charge in [-0.3, -0.25) is 9.69 Å². The van der Waals surface area contributed by atoms with Crippen LogP contribution < -0.4 is 0 Å². The zero-order valence-electron chi connectivity index (χ0n) is 10.9. The van der Waals surface area contributed by atoms with Gasteiger partial charge >= 0.3 is 5.97 Å². The molecule has 5 heteroatoms. The predicted molar refractivity (Wildman–Crippen MR) is 71.0 cm³/mol. The van der Waals surface area contributed by atoms with E-state index in [-0.39, 0.29) is 12.1 Å². The second-order valence-corrected chi connectivity index (χ2v) is 6.16. The van der Waals surface area contributed by atoms with Gasteiger partial charge in [-0.15, -0.1) is 11.3 Å². The van der Waals surface area contributed by atoms with Gasteiger partial charge in [-0.25, -0.2) is 0 Å². The molecule has 0 aromatic carbocycles. The van der Waals surface area contributed by atoms with Gasteiger partial charge in [0, 0.05) is 21.8 Å². The van der Waals surface area contributed by atoms with E-state index >= 15 is 0 Å². The summed E-state index contributed by atoms with van der Waals surface area (Å²) in [6.45, 7) is 5.02. The van der Waals surface area contributed by atoms with Crippen LogP contribution in [0.15, 0.2) is 12.1 Å². The van der Waals surface area contributed by atoms with Gasteiger partial charge in [-0.2, -0.15) is 0 Å². The zero-order chi connectivity index (χ0) is 13.3. The Morgan fingerprint density at radius 3 is 2.83 bits per heavy atom. The minimum absolute atomic E-state index is 0.0418. The molecule has 1 saturated heterocycles. The number of hydrogen-bond acceptors (Lipinski definition) is 4. The van der Waals surface area contributed by atoms with E-state index in [0.29, 0.717) is 13.2 Å². The highest BCUT2D eigenvalue weighted by Gasteiger charge is 2.38. The highest BCUT2D eigenvalue weighted by Crippen LogP contribution is 2.31. The van der Waals surface area contributed by atoms with E-state index in [4.69, 9.17) is 4.74 Å². The van der Waals surface area contributed by atoms with Crippen molar-refractivity contribution in [2.45, 2.75) is 25.9 Å². The standard InChI is InChI=1S/C13H19NO3S/c1-8-4-5-12(18-8)9(2)14(3)11-7-17-6-10(11)13(15)16/h4-5,9-11H,6-7H2,1-3H3,(H,15,16). The summed E-state index contributed by atoms with van der Waals surface area (Å²) in [5.41, 5.74) is 0. The first-order valence-corrected chi connectivity index (χ1v) is 6.91. The van der Waals surface area contributed by atoms with E-state index in [9.17, 15) is 9.90 Å². The Morgan fingerprint density at radius 1 is 1.56 bits per heavy atom. The van der Waals surface area contributed by atoms with Crippen LogP contribution in [0.2, 0.25) is 0 Å². The van der Waals surface area contributed by atoms with Crippen LogP contribution in [0.25, 0.3) is 0 Å². The monoisotopic (exact) mass is 269 g/mol. The molecule has 1 N–H and O–H groups in total. The second kappa shape index (κ2) is 5.38. The summed E-state index contributed by atoms with van der Waals surface area (Å²) in [6, 6.07) is 4.40. The van der Waals surface area contributed by atoms with Crippen molar-refractivity contribution in [3.63, 3.8) is 0 Å². The molecule has 1 fully saturated rings. The van der Waals surface area contributed by atoms with Gasteiger partial charge in [0.15, 0.2) is 0 Å². The predicted octanol–water partition coefficient (Wildman–Crippen LogP) is 2.15. The maximum absolute atomic E-state index is 11.2. The Bertz CT molecular complexity index is 432. The van der Waals surface area contributed by atoms with E-state index < -0.39 is 11.9 Å². The lowest BCUT2D eigenvalue weighted by molar-refractivity contribution is -0.143. The molecule has 3 unspecified atom stereocenters. The van der Waals surface area contributed by atoms with Crippen molar-refractivity contribution in [2.75, 3.05) is 20.3 Å². The summed E-state index contributed by atoms with van der Waals surface area (Å²) in [7, 11) is 1.98. The SMILES string of the molecule is Cc1ccc(C(C)N(C)C2COCC2C(=O)O)s1. The number of likely N-dealkylation sites (N-methyl/N-ethyl adjacent to an activating group) is 1. The molecule has 1 aromatic rings. The molecule has 2 heterocycles. The molecule has 0 spiro atoms. The summed E-state index contributed by atoms with van der Waals surface area (Å²) < 4.78 is 5.32. The van der Waals surface area contributed by atoms with Crippen molar-refractivity contribution < 1.29 is 14.6 Å². The van der Waals surface area contributed by atoms with Gasteiger partial charge in [0.1, 0.15) is 0 Å². The molecule has 3 atom stereocenters. The van der Waals surface area contributed by atoms with E-state index in [1.54, 1.807) is 11.3 Å². The molecule has 0 saturated carbocycles. The molecule has 4 nitrogen and oxygen atoms in total. The Kier molecular flexibility index (Phi) is 4.04. The normalized spacial score (nSPS) is 25.6. The smallest absolute Gasteiger partial charge is 0.310 e. The molecule has 0 bridgehead atoms. The fourth-order valence-electron chi connectivity index (χ4n) is 2.35. The average Bonchev–Trinajstić information content (AvgIpc) is 2.95. The first-order chi connectivity index (χ1) is 8.50. The third-order valence-corrected chi connectivity index (χ3v) is 4.85. The van der Waals surface area contributed by atoms with Crippen LogP contribution in [-0.4, -0.2) is 42.3 Å². The number of thiophene rings is 1. The van der Waals surface area contributed by atoms with Crippen molar-refractivity contribution in [1.29, 1.82) is 0 Å². The third kappa shape index (κ3) is 2.58. The first-order valence-electron chi connectivity index (χ1n) is 6.09. The summed E-state index contributed by atoms with van der Waals surface area (Å²) >= 11 is 1.76. The number of hydrogen-bond donors (Lipinski definition) is 1. The van der Waals surface area contributed by atoms with Crippen LogP contribution in [0.4, 0.5) is 0 Å². The van der Waals surface area contributed by atoms with Crippen molar-refractivity contribution in [2.24, 2.45) is 5.92 Å². The molecule has 2 rings (SSSR count). The zero-order valence-corrected chi connectivity index (χ0v) is 11.7. The lowest BCUT2D eigenvalue weighted by Gasteiger charge is -2.31. The minimum Gasteiger partial charge on any atom is -0.481 e. The quantitative estimate of drug-likeness (QED) is 0.910. The van der Waals surface area contributed by atoms with E-state index in [1.165, 1.54) is 9.75 Å². The molecule has 100 valence electrons. The van der Waals surface area contributed by atoms with Gasteiger partial charge < -0.3 is 9.84 Å². The molecule has 1 aliphatic rings. The van der Waals surface area contributed by atoms with E-state index in [1.807, 2.05) is 7.05 Å². The van der Waals surface area contributed by atoms with Gasteiger partial charge in [-0.1, -0.05) is 0 Å². The van der Waals surface area contributed by atoms with E-state index in [2.05, 4.69) is 30.9 Å². The fraction of sp³-hybridized carbons (Fsp3) is 0.615. The molecular weight excluding hydrogens is 250 g/mol. The van der Waals surface area contributed by atoms with Crippen molar-refractivity contribution in [3.8, 4) is 0 Å². The van der Waals surface area contributed by atoms with Crippen LogP contribution in [0.3, 0.4) is 0 Å². The number of aryl methyl sites for hydroxylation is 1. The Balaban J connectivity index is 2.10. The topological polar surface area (TPSA) is 49.8 Å². The Labute approximate surface area is 111 Å². The molecule has 0 radical (unpaired) electrons. The number of rotatable bonds is 4. The highest BCUT2D eigenvalue weighted by molar-refractivity contribution is 7.12. The van der Waals surface area contributed by atoms with Gasteiger partial charge in [0.2, 0.25) is 0 Å². The van der Waals surface area contributed by atoms with Gasteiger partial charge in [0.05, 0.1) is 19.1 Å². The molecule has 0 amide bonds. The first kappa shape index (κ1) is 13.5. The van der Waals surface area contributed by atoms with Crippen molar-refractivity contribution >= 4 is 17.3 Å². The lowest BCUT2D eigenvalue weighted by Crippen LogP contribution is -2.41. The highest BCUT2D eigenvalue weighted by atomic mass is 32.1. The van der Waals surface area contributed by atoms with Gasteiger partial charge in [-0.05, 0) is 33.0 Å². The van der Waals surface area contributed by atoms with Crippen LogP contribution in [-0.2, 0) is 9.53 Å². The van der Waals surface area contributed by atoms with Crippen molar-refractivity contribution in [3.05, 3.63) is 21.9 Å². The molecular formula is C13H19NO3S. The Hall–Kier alpha value is -0.910. The number of carbonyl (C=O) groups is 1. The second-order valence-electron chi connectivity index (χ2n) is 4.84. The van der Waals surface area contributed by atoms with Gasteiger partial charge in [0.25, 0.3) is 0 Å².